The Morgan fingerprint density at radius 1 is 0.735 bits per heavy atom. The van der Waals surface area contributed by atoms with Gasteiger partial charge in [-0.25, -0.2) is 9.97 Å². The van der Waals surface area contributed by atoms with Gasteiger partial charge in [0.25, 0.3) is 0 Å². The third-order valence-electron chi connectivity index (χ3n) is 6.96. The monoisotopic (exact) mass is 439 g/mol. The SMILES string of the molecule is CC1(C)c2ccccc2-c2c1c1ccnnc1n2-c1nc(-c2ccccc2)c2ccccc2n1. The van der Waals surface area contributed by atoms with Crippen molar-refractivity contribution in [1.29, 1.82) is 0 Å². The van der Waals surface area contributed by atoms with Crippen LogP contribution in [0, 0.1) is 0 Å². The van der Waals surface area contributed by atoms with E-state index in [0.29, 0.717) is 5.95 Å². The van der Waals surface area contributed by atoms with Crippen molar-refractivity contribution < 1.29 is 0 Å². The highest BCUT2D eigenvalue weighted by atomic mass is 15.2. The van der Waals surface area contributed by atoms with Gasteiger partial charge in [-0.05, 0) is 23.3 Å². The molecule has 5 nitrogen and oxygen atoms in total. The number of benzene rings is 3. The lowest BCUT2D eigenvalue weighted by Gasteiger charge is -2.20. The zero-order valence-corrected chi connectivity index (χ0v) is 18.9. The summed E-state index contributed by atoms with van der Waals surface area (Å²) in [6.07, 6.45) is 1.77. The van der Waals surface area contributed by atoms with Crippen molar-refractivity contribution in [2.24, 2.45) is 0 Å². The summed E-state index contributed by atoms with van der Waals surface area (Å²) in [4.78, 5) is 10.2. The summed E-state index contributed by atoms with van der Waals surface area (Å²) in [6, 6.07) is 29.1. The van der Waals surface area contributed by atoms with Gasteiger partial charge in [-0.15, -0.1) is 5.10 Å². The summed E-state index contributed by atoms with van der Waals surface area (Å²) in [6.45, 7) is 4.55. The highest BCUT2D eigenvalue weighted by Crippen LogP contribution is 2.52. The van der Waals surface area contributed by atoms with Gasteiger partial charge in [-0.1, -0.05) is 86.6 Å². The number of aromatic nitrogens is 5. The maximum atomic E-state index is 5.15. The standard InChI is InChI=1S/C29H21N5/c1-29(2)22-14-8-6-12-19(22)26-24(29)21-16-17-30-33-27(21)34(26)28-31-23-15-9-7-13-20(23)25(32-28)18-10-4-3-5-11-18/h3-17H,1-2H3. The largest absolute Gasteiger partial charge is 0.260 e. The van der Waals surface area contributed by atoms with E-state index in [4.69, 9.17) is 9.97 Å². The Bertz CT molecular complexity index is 1730. The summed E-state index contributed by atoms with van der Waals surface area (Å²) < 4.78 is 2.10. The van der Waals surface area contributed by atoms with Crippen LogP contribution >= 0.6 is 0 Å². The first-order chi connectivity index (χ1) is 16.6. The molecule has 0 unspecified atom stereocenters. The van der Waals surface area contributed by atoms with Crippen molar-refractivity contribution in [3.05, 3.63) is 102 Å². The lowest BCUT2D eigenvalue weighted by atomic mass is 9.82. The van der Waals surface area contributed by atoms with Gasteiger partial charge in [0, 0.05) is 27.3 Å². The van der Waals surface area contributed by atoms with Crippen LogP contribution < -0.4 is 0 Å². The first kappa shape index (κ1) is 19.1. The van der Waals surface area contributed by atoms with E-state index in [0.717, 1.165) is 38.9 Å². The molecule has 0 N–H and O–H groups in total. The average Bonchev–Trinajstić information content (AvgIpc) is 3.35. The van der Waals surface area contributed by atoms with Gasteiger partial charge in [0.15, 0.2) is 5.65 Å². The maximum Gasteiger partial charge on any atom is 0.237 e. The Morgan fingerprint density at radius 3 is 2.38 bits per heavy atom. The minimum atomic E-state index is -0.169. The zero-order valence-electron chi connectivity index (χ0n) is 18.9. The number of hydrogen-bond donors (Lipinski definition) is 0. The number of fused-ring (bicyclic) bond motifs is 6. The smallest absolute Gasteiger partial charge is 0.237 e. The second kappa shape index (κ2) is 6.81. The molecule has 6 aromatic rings. The minimum Gasteiger partial charge on any atom is -0.260 e. The summed E-state index contributed by atoms with van der Waals surface area (Å²) in [5.41, 5.74) is 8.32. The van der Waals surface area contributed by atoms with Crippen molar-refractivity contribution >= 4 is 21.9 Å². The van der Waals surface area contributed by atoms with Crippen LogP contribution in [0.25, 0.3) is 50.4 Å². The van der Waals surface area contributed by atoms with Crippen LogP contribution in [0.5, 0.6) is 0 Å². The molecule has 34 heavy (non-hydrogen) atoms. The Hall–Kier alpha value is -4.38. The third-order valence-corrected chi connectivity index (χ3v) is 6.96. The molecule has 0 amide bonds. The van der Waals surface area contributed by atoms with E-state index in [1.165, 1.54) is 16.7 Å². The fourth-order valence-corrected chi connectivity index (χ4v) is 5.46. The van der Waals surface area contributed by atoms with E-state index in [1.807, 2.05) is 36.4 Å². The number of hydrogen-bond acceptors (Lipinski definition) is 4. The molecule has 1 aliphatic rings. The van der Waals surface area contributed by atoms with Crippen LogP contribution in [0.2, 0.25) is 0 Å². The molecule has 0 radical (unpaired) electrons. The molecule has 0 spiro atoms. The third kappa shape index (κ3) is 2.49. The van der Waals surface area contributed by atoms with Crippen LogP contribution in [0.1, 0.15) is 25.0 Å². The van der Waals surface area contributed by atoms with Crippen LogP contribution in [0.3, 0.4) is 0 Å². The molecule has 3 aromatic carbocycles. The lowest BCUT2D eigenvalue weighted by molar-refractivity contribution is 0.666. The zero-order chi connectivity index (χ0) is 22.9. The van der Waals surface area contributed by atoms with E-state index in [9.17, 15) is 0 Å². The molecule has 0 atom stereocenters. The fourth-order valence-electron chi connectivity index (χ4n) is 5.46. The van der Waals surface area contributed by atoms with Crippen molar-refractivity contribution in [1.82, 2.24) is 24.7 Å². The van der Waals surface area contributed by atoms with Crippen molar-refractivity contribution in [3.8, 4) is 28.5 Å². The van der Waals surface area contributed by atoms with Gasteiger partial charge in [0.2, 0.25) is 5.95 Å². The van der Waals surface area contributed by atoms with Gasteiger partial charge < -0.3 is 0 Å². The average molecular weight is 440 g/mol. The van der Waals surface area contributed by atoms with E-state index in [2.05, 4.69) is 77.1 Å². The molecule has 162 valence electrons. The first-order valence-corrected chi connectivity index (χ1v) is 11.4. The molecule has 0 bridgehead atoms. The van der Waals surface area contributed by atoms with E-state index < -0.39 is 0 Å². The van der Waals surface area contributed by atoms with Gasteiger partial charge in [-0.3, -0.25) is 4.57 Å². The summed E-state index contributed by atoms with van der Waals surface area (Å²) >= 11 is 0. The van der Waals surface area contributed by atoms with E-state index in [-0.39, 0.29) is 5.41 Å². The maximum absolute atomic E-state index is 5.15. The van der Waals surface area contributed by atoms with Crippen LogP contribution in [0.4, 0.5) is 0 Å². The highest BCUT2D eigenvalue weighted by molar-refractivity contribution is 5.98. The molecule has 3 heterocycles. The minimum absolute atomic E-state index is 0.169. The molecule has 0 saturated carbocycles. The lowest BCUT2D eigenvalue weighted by Crippen LogP contribution is -2.14. The molecule has 5 heteroatoms. The van der Waals surface area contributed by atoms with Crippen LogP contribution in [-0.2, 0) is 5.41 Å². The summed E-state index contributed by atoms with van der Waals surface area (Å²) in [7, 11) is 0. The molecule has 0 saturated heterocycles. The normalized spacial score (nSPS) is 13.8. The molecule has 7 rings (SSSR count). The molecule has 3 aromatic heterocycles. The van der Waals surface area contributed by atoms with Gasteiger partial charge in [0.05, 0.1) is 23.1 Å². The summed E-state index contributed by atoms with van der Waals surface area (Å²) in [5.74, 6) is 0.608. The predicted molar refractivity (Wildman–Crippen MR) is 135 cm³/mol. The fraction of sp³-hybridized carbons (Fsp3) is 0.103. The van der Waals surface area contributed by atoms with Crippen LogP contribution in [-0.4, -0.2) is 24.7 Å². The molecule has 0 aliphatic heterocycles. The summed E-state index contributed by atoms with van der Waals surface area (Å²) in [5, 5.41) is 10.9. The quantitative estimate of drug-likeness (QED) is 0.316. The van der Waals surface area contributed by atoms with Crippen LogP contribution in [0.15, 0.2) is 91.1 Å². The van der Waals surface area contributed by atoms with E-state index >= 15 is 0 Å². The molecular weight excluding hydrogens is 418 g/mol. The number of nitrogens with zero attached hydrogens (tertiary/aromatic N) is 5. The Balaban J connectivity index is 1.63. The molecule has 0 fully saturated rings. The second-order valence-electron chi connectivity index (χ2n) is 9.25. The molecular formula is C29H21N5. The van der Waals surface area contributed by atoms with Gasteiger partial charge in [-0.2, -0.15) is 5.10 Å². The second-order valence-corrected chi connectivity index (χ2v) is 9.25. The topological polar surface area (TPSA) is 56.5 Å². The first-order valence-electron chi connectivity index (χ1n) is 11.4. The number of rotatable bonds is 2. The van der Waals surface area contributed by atoms with Gasteiger partial charge >= 0.3 is 0 Å². The highest BCUT2D eigenvalue weighted by Gasteiger charge is 2.41. The molecule has 1 aliphatic carbocycles. The van der Waals surface area contributed by atoms with Gasteiger partial charge in [0.1, 0.15) is 0 Å². The Kier molecular flexibility index (Phi) is 3.83. The van der Waals surface area contributed by atoms with E-state index in [1.54, 1.807) is 6.20 Å². The predicted octanol–water partition coefficient (Wildman–Crippen LogP) is 6.34. The van der Waals surface area contributed by atoms with Crippen molar-refractivity contribution in [2.75, 3.05) is 0 Å². The Labute approximate surface area is 196 Å². The van der Waals surface area contributed by atoms with Crippen molar-refractivity contribution in [3.63, 3.8) is 0 Å². The van der Waals surface area contributed by atoms with Crippen molar-refractivity contribution in [2.45, 2.75) is 19.3 Å². The number of para-hydroxylation sites is 1. The Morgan fingerprint density at radius 2 is 1.50 bits per heavy atom.